The fourth-order valence-corrected chi connectivity index (χ4v) is 7.22. The van der Waals surface area contributed by atoms with Crippen molar-refractivity contribution < 1.29 is 14.4 Å². The average Bonchev–Trinajstić information content (AvgIpc) is 3.75. The number of aryl methyl sites for hydroxylation is 1. The van der Waals surface area contributed by atoms with Crippen molar-refractivity contribution in [1.82, 2.24) is 15.0 Å². The van der Waals surface area contributed by atoms with Gasteiger partial charge in [0.2, 0.25) is 5.91 Å². The van der Waals surface area contributed by atoms with Crippen LogP contribution in [-0.4, -0.2) is 34.2 Å². The van der Waals surface area contributed by atoms with Gasteiger partial charge in [-0.15, -0.1) is 11.3 Å². The second-order valence-corrected chi connectivity index (χ2v) is 12.4. The number of hydrogen-bond donors (Lipinski definition) is 3. The third kappa shape index (κ3) is 6.23. The van der Waals surface area contributed by atoms with Gasteiger partial charge in [-0.05, 0) is 72.8 Å². The lowest BCUT2D eigenvalue weighted by Crippen LogP contribution is -2.46. The van der Waals surface area contributed by atoms with E-state index < -0.39 is 11.9 Å². The summed E-state index contributed by atoms with van der Waals surface area (Å²) in [6.45, 7) is 2.07. The summed E-state index contributed by atoms with van der Waals surface area (Å²) in [4.78, 5) is 43.7. The van der Waals surface area contributed by atoms with Gasteiger partial charge in [0.1, 0.15) is 4.88 Å². The number of carbonyl (C=O) groups is 3. The normalized spacial score (nSPS) is 16.9. The summed E-state index contributed by atoms with van der Waals surface area (Å²) in [5.74, 6) is -1.02. The minimum atomic E-state index is -0.887. The van der Waals surface area contributed by atoms with Crippen molar-refractivity contribution in [3.8, 4) is 0 Å². The lowest BCUT2D eigenvalue weighted by Gasteiger charge is -2.31. The summed E-state index contributed by atoms with van der Waals surface area (Å²) in [7, 11) is 0. The molecule has 10 heteroatoms. The molecule has 1 atom stereocenters. The summed E-state index contributed by atoms with van der Waals surface area (Å²) >= 11 is 2.34. The molecule has 1 aromatic carbocycles. The van der Waals surface area contributed by atoms with E-state index in [1.807, 2.05) is 41.8 Å². The standard InChI is InChI=1S/C30H37N5O3S2/c1-2-19-14-16-22(17-15-19)35(26(23-13-8-18-39-23)29(37)33-21-11-6-7-12-21)30(38)27-24(31)25(34-40-27)28(36)32-20-9-4-3-5-10-20/h8,13-18,20-21,26H,2-7,9-12,31H2,1H3,(H,32,36)(H,33,37). The van der Waals surface area contributed by atoms with Crippen LogP contribution >= 0.6 is 22.9 Å². The quantitative estimate of drug-likeness (QED) is 0.294. The van der Waals surface area contributed by atoms with Gasteiger partial charge in [-0.25, -0.2) is 0 Å². The van der Waals surface area contributed by atoms with E-state index in [-0.39, 0.29) is 40.2 Å². The van der Waals surface area contributed by atoms with Gasteiger partial charge < -0.3 is 16.4 Å². The molecule has 2 aromatic heterocycles. The highest BCUT2D eigenvalue weighted by atomic mass is 32.1. The molecule has 3 amide bonds. The van der Waals surface area contributed by atoms with Crippen LogP contribution in [0.15, 0.2) is 41.8 Å². The third-order valence-electron chi connectivity index (χ3n) is 7.94. The number of nitrogens with one attached hydrogen (secondary N) is 2. The van der Waals surface area contributed by atoms with Crippen molar-refractivity contribution in [2.45, 2.75) is 89.3 Å². The molecule has 0 bridgehead atoms. The average molecular weight is 580 g/mol. The molecule has 2 aliphatic carbocycles. The Morgan fingerprint density at radius 2 is 1.62 bits per heavy atom. The molecule has 2 saturated carbocycles. The Balaban J connectivity index is 1.50. The minimum Gasteiger partial charge on any atom is -0.395 e. The van der Waals surface area contributed by atoms with Gasteiger partial charge in [0.15, 0.2) is 11.7 Å². The second kappa shape index (κ2) is 13.0. The zero-order valence-corrected chi connectivity index (χ0v) is 24.5. The number of thiophene rings is 1. The van der Waals surface area contributed by atoms with Crippen LogP contribution in [0.25, 0.3) is 0 Å². The van der Waals surface area contributed by atoms with Gasteiger partial charge in [-0.1, -0.05) is 57.2 Å². The van der Waals surface area contributed by atoms with Crippen LogP contribution in [0.1, 0.15) is 101 Å². The van der Waals surface area contributed by atoms with E-state index in [9.17, 15) is 14.4 Å². The van der Waals surface area contributed by atoms with E-state index >= 15 is 0 Å². The van der Waals surface area contributed by atoms with E-state index in [2.05, 4.69) is 21.9 Å². The molecule has 2 aliphatic rings. The molecule has 8 nitrogen and oxygen atoms in total. The molecule has 0 saturated heterocycles. The van der Waals surface area contributed by atoms with Crippen molar-refractivity contribution in [3.63, 3.8) is 0 Å². The van der Waals surface area contributed by atoms with Gasteiger partial charge in [-0.2, -0.15) is 4.37 Å². The first-order valence-corrected chi connectivity index (χ1v) is 15.9. The zero-order valence-electron chi connectivity index (χ0n) is 22.9. The van der Waals surface area contributed by atoms with Crippen LogP contribution < -0.4 is 21.3 Å². The topological polar surface area (TPSA) is 117 Å². The smallest absolute Gasteiger partial charge is 0.273 e. The SMILES string of the molecule is CCc1ccc(N(C(=O)c2snc(C(=O)NC3CCCCC3)c2N)C(C(=O)NC2CCCC2)c2cccs2)cc1. The summed E-state index contributed by atoms with van der Waals surface area (Å²) < 4.78 is 4.31. The number of anilines is 2. The summed E-state index contributed by atoms with van der Waals surface area (Å²) in [5, 5.41) is 8.15. The molecule has 0 aliphatic heterocycles. The molecule has 5 rings (SSSR count). The van der Waals surface area contributed by atoms with Gasteiger partial charge in [0.25, 0.3) is 11.8 Å². The molecule has 2 heterocycles. The summed E-state index contributed by atoms with van der Waals surface area (Å²) in [6.07, 6.45) is 10.1. The molecule has 40 heavy (non-hydrogen) atoms. The highest BCUT2D eigenvalue weighted by molar-refractivity contribution is 7.10. The number of amides is 3. The first-order chi connectivity index (χ1) is 19.5. The van der Waals surface area contributed by atoms with Gasteiger partial charge in [0.05, 0.1) is 5.69 Å². The fraction of sp³-hybridized carbons (Fsp3) is 0.467. The van der Waals surface area contributed by atoms with Crippen LogP contribution in [-0.2, 0) is 11.2 Å². The Bertz CT molecular complexity index is 1310. The first-order valence-electron chi connectivity index (χ1n) is 14.3. The van der Waals surface area contributed by atoms with Crippen molar-refractivity contribution in [1.29, 1.82) is 0 Å². The number of benzene rings is 1. The van der Waals surface area contributed by atoms with E-state index in [1.165, 1.54) is 22.7 Å². The Labute approximate surface area is 243 Å². The number of nitrogens with zero attached hydrogens (tertiary/aromatic N) is 2. The largest absolute Gasteiger partial charge is 0.395 e. The number of nitrogen functional groups attached to an aromatic ring is 1. The Hall–Kier alpha value is -3.24. The maximum atomic E-state index is 14.3. The number of nitrogens with two attached hydrogens (primary N) is 1. The third-order valence-corrected chi connectivity index (χ3v) is 9.72. The molecular weight excluding hydrogens is 542 g/mol. The highest BCUT2D eigenvalue weighted by Gasteiger charge is 2.37. The Kier molecular flexibility index (Phi) is 9.16. The van der Waals surface area contributed by atoms with Crippen LogP contribution in [0, 0.1) is 0 Å². The van der Waals surface area contributed by atoms with Crippen LogP contribution in [0.4, 0.5) is 11.4 Å². The first kappa shape index (κ1) is 28.3. The van der Waals surface area contributed by atoms with Crippen molar-refractivity contribution in [2.24, 2.45) is 0 Å². The molecular formula is C30H37N5O3S2. The Morgan fingerprint density at radius 3 is 2.25 bits per heavy atom. The lowest BCUT2D eigenvalue weighted by molar-refractivity contribution is -0.123. The number of carbonyl (C=O) groups excluding carboxylic acids is 3. The van der Waals surface area contributed by atoms with Crippen molar-refractivity contribution >= 4 is 52.0 Å². The van der Waals surface area contributed by atoms with Gasteiger partial charge >= 0.3 is 0 Å². The Morgan fingerprint density at radius 1 is 0.975 bits per heavy atom. The van der Waals surface area contributed by atoms with Crippen molar-refractivity contribution in [3.05, 3.63) is 62.8 Å². The zero-order chi connectivity index (χ0) is 28.1. The van der Waals surface area contributed by atoms with E-state index in [0.29, 0.717) is 5.69 Å². The maximum absolute atomic E-state index is 14.3. The second-order valence-electron chi connectivity index (χ2n) is 10.7. The summed E-state index contributed by atoms with van der Waals surface area (Å²) in [5.41, 5.74) is 8.28. The minimum absolute atomic E-state index is 0.0552. The van der Waals surface area contributed by atoms with Crippen LogP contribution in [0.3, 0.4) is 0 Å². The lowest BCUT2D eigenvalue weighted by atomic mass is 9.95. The van der Waals surface area contributed by atoms with E-state index in [4.69, 9.17) is 5.73 Å². The number of rotatable bonds is 9. The fourth-order valence-electron chi connectivity index (χ4n) is 5.67. The molecule has 0 spiro atoms. The maximum Gasteiger partial charge on any atom is 0.273 e. The predicted molar refractivity (Wildman–Crippen MR) is 161 cm³/mol. The van der Waals surface area contributed by atoms with Gasteiger partial charge in [0, 0.05) is 22.6 Å². The number of aromatic nitrogens is 1. The molecule has 1 unspecified atom stereocenters. The van der Waals surface area contributed by atoms with Crippen molar-refractivity contribution in [2.75, 3.05) is 10.6 Å². The predicted octanol–water partition coefficient (Wildman–Crippen LogP) is 5.86. The van der Waals surface area contributed by atoms with E-state index in [1.54, 1.807) is 0 Å². The molecule has 0 radical (unpaired) electrons. The highest BCUT2D eigenvalue weighted by Crippen LogP contribution is 2.35. The molecule has 4 N–H and O–H groups in total. The van der Waals surface area contributed by atoms with Crippen LogP contribution in [0.2, 0.25) is 0 Å². The molecule has 212 valence electrons. The summed E-state index contributed by atoms with van der Waals surface area (Å²) in [6, 6.07) is 10.7. The number of hydrogen-bond acceptors (Lipinski definition) is 7. The molecule has 3 aromatic rings. The van der Waals surface area contributed by atoms with E-state index in [0.717, 1.165) is 79.8 Å². The molecule has 2 fully saturated rings. The van der Waals surface area contributed by atoms with Gasteiger partial charge in [-0.3, -0.25) is 19.3 Å². The monoisotopic (exact) mass is 579 g/mol. The van der Waals surface area contributed by atoms with Crippen LogP contribution in [0.5, 0.6) is 0 Å².